The summed E-state index contributed by atoms with van der Waals surface area (Å²) in [5.74, 6) is 0.772. The van der Waals surface area contributed by atoms with Crippen molar-refractivity contribution in [3.05, 3.63) is 53.8 Å². The summed E-state index contributed by atoms with van der Waals surface area (Å²) in [6, 6.07) is 7.43. The highest BCUT2D eigenvalue weighted by Gasteiger charge is 2.11. The average molecular weight is 245 g/mol. The van der Waals surface area contributed by atoms with E-state index in [-0.39, 0.29) is 0 Å². The molecule has 0 N–H and O–H groups in total. The van der Waals surface area contributed by atoms with Crippen LogP contribution in [0.5, 0.6) is 5.75 Å². The monoisotopic (exact) mass is 245 g/mol. The molecule has 0 saturated carbocycles. The second kappa shape index (κ2) is 5.35. The van der Waals surface area contributed by atoms with E-state index in [1.165, 1.54) is 7.05 Å². The molecule has 2 aromatic rings. The van der Waals surface area contributed by atoms with Crippen molar-refractivity contribution in [2.75, 3.05) is 14.2 Å². The first-order valence-corrected chi connectivity index (χ1v) is 5.57. The zero-order valence-electron chi connectivity index (χ0n) is 10.4. The number of hydroxylamine groups is 1. The van der Waals surface area contributed by atoms with Gasteiger partial charge in [-0.1, -0.05) is 0 Å². The largest absolute Gasteiger partial charge is 0.624 e. The molecule has 1 aromatic heterocycles. The van der Waals surface area contributed by atoms with Gasteiger partial charge >= 0.3 is 0 Å². The van der Waals surface area contributed by atoms with E-state index < -0.39 is 0 Å². The van der Waals surface area contributed by atoms with Crippen molar-refractivity contribution in [1.29, 1.82) is 0 Å². The highest BCUT2D eigenvalue weighted by molar-refractivity contribution is 5.96. The second-order valence-corrected chi connectivity index (χ2v) is 3.91. The number of imidazole rings is 1. The lowest BCUT2D eigenvalue weighted by molar-refractivity contribution is -0.423. The van der Waals surface area contributed by atoms with E-state index in [9.17, 15) is 5.21 Å². The van der Waals surface area contributed by atoms with E-state index in [2.05, 4.69) is 4.98 Å². The molecule has 5 nitrogen and oxygen atoms in total. The molecule has 1 aromatic carbocycles. The smallest absolute Gasteiger partial charge is 0.214 e. The fraction of sp³-hybridized carbons (Fsp3) is 0.231. The number of ether oxygens (including phenoxy) is 1. The summed E-state index contributed by atoms with van der Waals surface area (Å²) in [6.45, 7) is 0.492. The number of hydrogen-bond acceptors (Lipinski definition) is 3. The van der Waals surface area contributed by atoms with Crippen LogP contribution in [0.1, 0.15) is 5.56 Å². The summed E-state index contributed by atoms with van der Waals surface area (Å²) in [5, 5.41) is 11.6. The highest BCUT2D eigenvalue weighted by atomic mass is 16.5. The predicted molar refractivity (Wildman–Crippen MR) is 68.9 cm³/mol. The summed E-state index contributed by atoms with van der Waals surface area (Å²) in [7, 11) is 3.11. The van der Waals surface area contributed by atoms with Crippen LogP contribution in [0.2, 0.25) is 0 Å². The normalized spacial score (nSPS) is 12.1. The molecule has 0 fully saturated rings. The maximum atomic E-state index is 11.6. The standard InChI is InChI=1S/C13H15N3O2/c1-15(17)13(9-16-8-7-14-10-16)11-3-5-12(18-2)6-4-11/h3-8,10H,9H2,1-2H3. The number of benzene rings is 1. The first-order valence-electron chi connectivity index (χ1n) is 5.57. The van der Waals surface area contributed by atoms with Crippen LogP contribution in [0.25, 0.3) is 0 Å². The molecule has 0 aliphatic carbocycles. The first kappa shape index (κ1) is 12.2. The van der Waals surface area contributed by atoms with Gasteiger partial charge in [-0.2, -0.15) is 0 Å². The zero-order chi connectivity index (χ0) is 13.0. The minimum Gasteiger partial charge on any atom is -0.624 e. The molecule has 18 heavy (non-hydrogen) atoms. The van der Waals surface area contributed by atoms with Gasteiger partial charge in [0.2, 0.25) is 5.71 Å². The van der Waals surface area contributed by atoms with Crippen molar-refractivity contribution in [3.63, 3.8) is 0 Å². The lowest BCUT2D eigenvalue weighted by Gasteiger charge is -2.09. The van der Waals surface area contributed by atoms with Gasteiger partial charge in [-0.25, -0.2) is 9.72 Å². The molecule has 1 heterocycles. The molecule has 0 bridgehead atoms. The van der Waals surface area contributed by atoms with Crippen LogP contribution in [-0.4, -0.2) is 34.2 Å². The van der Waals surface area contributed by atoms with E-state index in [0.29, 0.717) is 12.3 Å². The van der Waals surface area contributed by atoms with Gasteiger partial charge in [0.25, 0.3) is 0 Å². The molecule has 0 saturated heterocycles. The van der Waals surface area contributed by atoms with E-state index in [1.54, 1.807) is 19.6 Å². The first-order chi connectivity index (χ1) is 8.70. The predicted octanol–water partition coefficient (Wildman–Crippen LogP) is 1.52. The lowest BCUT2D eigenvalue weighted by atomic mass is 10.1. The Morgan fingerprint density at radius 1 is 1.39 bits per heavy atom. The Morgan fingerprint density at radius 3 is 2.61 bits per heavy atom. The summed E-state index contributed by atoms with van der Waals surface area (Å²) in [6.07, 6.45) is 5.20. The van der Waals surface area contributed by atoms with Crippen molar-refractivity contribution >= 4 is 5.71 Å². The quantitative estimate of drug-likeness (QED) is 0.355. The van der Waals surface area contributed by atoms with E-state index in [1.807, 2.05) is 35.0 Å². The van der Waals surface area contributed by atoms with Gasteiger partial charge in [-0.3, -0.25) is 0 Å². The Labute approximate surface area is 106 Å². The molecular formula is C13H15N3O2. The van der Waals surface area contributed by atoms with Crippen LogP contribution >= 0.6 is 0 Å². The third-order valence-corrected chi connectivity index (χ3v) is 2.69. The zero-order valence-corrected chi connectivity index (χ0v) is 10.4. The molecule has 0 aliphatic rings. The fourth-order valence-corrected chi connectivity index (χ4v) is 1.71. The van der Waals surface area contributed by atoms with Crippen molar-refractivity contribution in [2.45, 2.75) is 6.54 Å². The molecule has 94 valence electrons. The minimum atomic E-state index is 0.492. The molecule has 0 spiro atoms. The molecule has 0 atom stereocenters. The van der Waals surface area contributed by atoms with Gasteiger partial charge in [0, 0.05) is 18.0 Å². The maximum absolute atomic E-state index is 11.6. The van der Waals surface area contributed by atoms with Gasteiger partial charge in [0.1, 0.15) is 19.3 Å². The SMILES string of the molecule is COc1ccc(C(Cn2ccnc2)=[N+](C)[O-])cc1. The van der Waals surface area contributed by atoms with E-state index in [4.69, 9.17) is 4.74 Å². The fourth-order valence-electron chi connectivity index (χ4n) is 1.71. The van der Waals surface area contributed by atoms with Crippen LogP contribution in [-0.2, 0) is 6.54 Å². The van der Waals surface area contributed by atoms with Crippen LogP contribution in [0.3, 0.4) is 0 Å². The molecule has 0 unspecified atom stereocenters. The number of aromatic nitrogens is 2. The number of nitrogens with zero attached hydrogens (tertiary/aromatic N) is 3. The van der Waals surface area contributed by atoms with Crippen LogP contribution < -0.4 is 4.74 Å². The summed E-state index contributed by atoms with van der Waals surface area (Å²) < 4.78 is 7.83. The Kier molecular flexibility index (Phi) is 3.62. The average Bonchev–Trinajstić information content (AvgIpc) is 2.89. The lowest BCUT2D eigenvalue weighted by Crippen LogP contribution is -2.19. The molecule has 0 amide bonds. The topological polar surface area (TPSA) is 53.1 Å². The second-order valence-electron chi connectivity index (χ2n) is 3.91. The van der Waals surface area contributed by atoms with Crippen molar-refractivity contribution in [2.24, 2.45) is 0 Å². The Hall–Kier alpha value is -2.30. The summed E-state index contributed by atoms with van der Waals surface area (Å²) >= 11 is 0. The van der Waals surface area contributed by atoms with Crippen LogP contribution in [0, 0.1) is 5.21 Å². The Balaban J connectivity index is 2.28. The van der Waals surface area contributed by atoms with Crippen molar-refractivity contribution in [1.82, 2.24) is 9.55 Å². The van der Waals surface area contributed by atoms with Gasteiger partial charge in [-0.15, -0.1) is 0 Å². The number of hydrogen-bond donors (Lipinski definition) is 0. The third-order valence-electron chi connectivity index (χ3n) is 2.69. The molecule has 0 aliphatic heterocycles. The van der Waals surface area contributed by atoms with Gasteiger partial charge < -0.3 is 14.5 Å². The van der Waals surface area contributed by atoms with Gasteiger partial charge in [0.15, 0.2) is 0 Å². The van der Waals surface area contributed by atoms with Crippen molar-refractivity contribution < 1.29 is 9.48 Å². The third kappa shape index (κ3) is 2.68. The summed E-state index contributed by atoms with van der Waals surface area (Å²) in [4.78, 5) is 3.96. The van der Waals surface area contributed by atoms with Gasteiger partial charge in [0.05, 0.1) is 13.4 Å². The number of rotatable bonds is 4. The van der Waals surface area contributed by atoms with Crippen LogP contribution in [0.15, 0.2) is 43.0 Å². The van der Waals surface area contributed by atoms with Gasteiger partial charge in [-0.05, 0) is 24.3 Å². The Morgan fingerprint density at radius 2 is 2.11 bits per heavy atom. The molecule has 0 radical (unpaired) electrons. The molecule has 2 rings (SSSR count). The molecular weight excluding hydrogens is 230 g/mol. The summed E-state index contributed by atoms with van der Waals surface area (Å²) in [5.41, 5.74) is 1.55. The molecule has 5 heteroatoms. The van der Waals surface area contributed by atoms with E-state index in [0.717, 1.165) is 16.1 Å². The van der Waals surface area contributed by atoms with E-state index >= 15 is 0 Å². The van der Waals surface area contributed by atoms with Crippen LogP contribution in [0.4, 0.5) is 0 Å². The maximum Gasteiger partial charge on any atom is 0.214 e. The minimum absolute atomic E-state index is 0.492. The number of methoxy groups -OCH3 is 1. The Bertz CT molecular complexity index is 526. The van der Waals surface area contributed by atoms with Crippen molar-refractivity contribution in [3.8, 4) is 5.75 Å². The highest BCUT2D eigenvalue weighted by Crippen LogP contribution is 2.12.